The Bertz CT molecular complexity index is 312. The molecule has 108 valence electrons. The zero-order chi connectivity index (χ0) is 13.1. The summed E-state index contributed by atoms with van der Waals surface area (Å²) in [5.41, 5.74) is 0. The number of amides is 1. The lowest BCUT2D eigenvalue weighted by molar-refractivity contribution is -0.136. The molecule has 3 heteroatoms. The van der Waals surface area contributed by atoms with Crippen LogP contribution < -0.4 is 5.32 Å². The van der Waals surface area contributed by atoms with Crippen LogP contribution in [-0.4, -0.2) is 36.5 Å². The van der Waals surface area contributed by atoms with Gasteiger partial charge in [-0.05, 0) is 69.9 Å². The molecule has 1 N–H and O–H groups in total. The summed E-state index contributed by atoms with van der Waals surface area (Å²) in [6.07, 6.45) is 11.0. The van der Waals surface area contributed by atoms with Crippen molar-refractivity contribution < 1.29 is 4.79 Å². The average molecular weight is 264 g/mol. The maximum absolute atomic E-state index is 12.5. The summed E-state index contributed by atoms with van der Waals surface area (Å²) in [5, 5.41) is 3.45. The van der Waals surface area contributed by atoms with E-state index >= 15 is 0 Å². The molecule has 2 saturated heterocycles. The Balaban J connectivity index is 1.48. The van der Waals surface area contributed by atoms with Crippen LogP contribution in [0.5, 0.6) is 0 Å². The molecular formula is C16H28N2O. The predicted octanol–water partition coefficient (Wildman–Crippen LogP) is 2.56. The molecule has 1 amide bonds. The lowest BCUT2D eigenvalue weighted by atomic mass is 9.90. The number of likely N-dealkylation sites (tertiary alicyclic amines) is 1. The van der Waals surface area contributed by atoms with Gasteiger partial charge in [0, 0.05) is 19.0 Å². The van der Waals surface area contributed by atoms with Crippen molar-refractivity contribution in [2.45, 2.75) is 63.8 Å². The largest absolute Gasteiger partial charge is 0.339 e. The third kappa shape index (κ3) is 3.13. The van der Waals surface area contributed by atoms with E-state index in [-0.39, 0.29) is 0 Å². The van der Waals surface area contributed by atoms with Gasteiger partial charge < -0.3 is 10.2 Å². The van der Waals surface area contributed by atoms with Crippen LogP contribution in [0.15, 0.2) is 0 Å². The Morgan fingerprint density at radius 2 is 2.00 bits per heavy atom. The van der Waals surface area contributed by atoms with E-state index in [9.17, 15) is 4.79 Å². The standard InChI is InChI=1S/C16H28N2O/c19-16(9-8-13-4-2-10-17-12-13)18-11-3-6-14-5-1-7-15(14)18/h13-15,17H,1-12H2. The Hall–Kier alpha value is -0.570. The summed E-state index contributed by atoms with van der Waals surface area (Å²) >= 11 is 0. The van der Waals surface area contributed by atoms with E-state index in [1.165, 1.54) is 51.5 Å². The molecule has 1 aliphatic carbocycles. The Kier molecular flexibility index (Phi) is 4.42. The van der Waals surface area contributed by atoms with Gasteiger partial charge in [-0.1, -0.05) is 6.42 Å². The molecule has 0 aromatic carbocycles. The number of nitrogens with one attached hydrogen (secondary N) is 1. The van der Waals surface area contributed by atoms with Crippen LogP contribution in [0, 0.1) is 11.8 Å². The van der Waals surface area contributed by atoms with Crippen LogP contribution >= 0.6 is 0 Å². The highest BCUT2D eigenvalue weighted by Crippen LogP contribution is 2.37. The molecule has 0 aromatic heterocycles. The van der Waals surface area contributed by atoms with Gasteiger partial charge in [0.2, 0.25) is 5.91 Å². The summed E-state index contributed by atoms with van der Waals surface area (Å²) in [7, 11) is 0. The maximum atomic E-state index is 12.5. The Morgan fingerprint density at radius 3 is 2.84 bits per heavy atom. The number of nitrogens with zero attached hydrogens (tertiary/aromatic N) is 1. The number of hydrogen-bond donors (Lipinski definition) is 1. The fourth-order valence-corrected chi connectivity index (χ4v) is 4.41. The predicted molar refractivity (Wildman–Crippen MR) is 76.9 cm³/mol. The highest BCUT2D eigenvalue weighted by molar-refractivity contribution is 5.76. The second kappa shape index (κ2) is 6.25. The molecule has 3 nitrogen and oxygen atoms in total. The van der Waals surface area contributed by atoms with Gasteiger partial charge >= 0.3 is 0 Å². The van der Waals surface area contributed by atoms with Crippen molar-refractivity contribution in [3.63, 3.8) is 0 Å². The lowest BCUT2D eigenvalue weighted by Gasteiger charge is -2.38. The van der Waals surface area contributed by atoms with Crippen molar-refractivity contribution in [2.24, 2.45) is 11.8 Å². The molecule has 2 aliphatic heterocycles. The van der Waals surface area contributed by atoms with Gasteiger partial charge in [0.25, 0.3) is 0 Å². The number of rotatable bonds is 3. The van der Waals surface area contributed by atoms with Crippen LogP contribution in [0.25, 0.3) is 0 Å². The first-order valence-corrected chi connectivity index (χ1v) is 8.35. The molecule has 3 rings (SSSR count). The third-order valence-electron chi connectivity index (χ3n) is 5.48. The summed E-state index contributed by atoms with van der Waals surface area (Å²) in [6.45, 7) is 3.32. The van der Waals surface area contributed by atoms with Gasteiger partial charge in [-0.2, -0.15) is 0 Å². The average Bonchev–Trinajstić information content (AvgIpc) is 2.94. The van der Waals surface area contributed by atoms with Gasteiger partial charge in [0.05, 0.1) is 0 Å². The first-order chi connectivity index (χ1) is 9.34. The van der Waals surface area contributed by atoms with Crippen LogP contribution in [0.3, 0.4) is 0 Å². The number of fused-ring (bicyclic) bond motifs is 1. The second-order valence-corrected chi connectivity index (χ2v) is 6.74. The second-order valence-electron chi connectivity index (χ2n) is 6.74. The Morgan fingerprint density at radius 1 is 1.11 bits per heavy atom. The maximum Gasteiger partial charge on any atom is 0.222 e. The first kappa shape index (κ1) is 13.4. The minimum atomic E-state index is 0.446. The topological polar surface area (TPSA) is 32.3 Å². The van der Waals surface area contributed by atoms with Gasteiger partial charge in [-0.25, -0.2) is 0 Å². The highest BCUT2D eigenvalue weighted by Gasteiger charge is 2.37. The fourth-order valence-electron chi connectivity index (χ4n) is 4.41. The fraction of sp³-hybridized carbons (Fsp3) is 0.938. The smallest absolute Gasteiger partial charge is 0.222 e. The summed E-state index contributed by atoms with van der Waals surface area (Å²) in [5.74, 6) is 2.01. The van der Waals surface area contributed by atoms with Crippen molar-refractivity contribution in [3.8, 4) is 0 Å². The van der Waals surface area contributed by atoms with Gasteiger partial charge in [0.15, 0.2) is 0 Å². The lowest BCUT2D eigenvalue weighted by Crippen LogP contribution is -2.46. The van der Waals surface area contributed by atoms with E-state index in [0.29, 0.717) is 11.9 Å². The highest BCUT2D eigenvalue weighted by atomic mass is 16.2. The number of carbonyl (C=O) groups excluding carboxylic acids is 1. The molecule has 2 heterocycles. The minimum Gasteiger partial charge on any atom is -0.339 e. The molecule has 0 aromatic rings. The molecule has 0 spiro atoms. The minimum absolute atomic E-state index is 0.446. The van der Waals surface area contributed by atoms with E-state index in [1.54, 1.807) is 0 Å². The molecule has 3 fully saturated rings. The van der Waals surface area contributed by atoms with Crippen molar-refractivity contribution in [1.29, 1.82) is 0 Å². The first-order valence-electron chi connectivity index (χ1n) is 8.35. The summed E-state index contributed by atoms with van der Waals surface area (Å²) in [6, 6.07) is 0.603. The molecular weight excluding hydrogens is 236 g/mol. The molecule has 3 atom stereocenters. The van der Waals surface area contributed by atoms with E-state index in [0.717, 1.165) is 37.8 Å². The summed E-state index contributed by atoms with van der Waals surface area (Å²) in [4.78, 5) is 14.7. The van der Waals surface area contributed by atoms with Crippen LogP contribution in [0.4, 0.5) is 0 Å². The van der Waals surface area contributed by atoms with Crippen molar-refractivity contribution in [3.05, 3.63) is 0 Å². The van der Waals surface area contributed by atoms with E-state index in [4.69, 9.17) is 0 Å². The van der Waals surface area contributed by atoms with Crippen LogP contribution in [0.2, 0.25) is 0 Å². The van der Waals surface area contributed by atoms with E-state index in [1.807, 2.05) is 0 Å². The van der Waals surface area contributed by atoms with Gasteiger partial charge in [0.1, 0.15) is 0 Å². The van der Waals surface area contributed by atoms with Crippen LogP contribution in [0.1, 0.15) is 57.8 Å². The van der Waals surface area contributed by atoms with Crippen molar-refractivity contribution in [2.75, 3.05) is 19.6 Å². The Labute approximate surface area is 117 Å². The molecule has 3 aliphatic rings. The van der Waals surface area contributed by atoms with Gasteiger partial charge in [-0.3, -0.25) is 4.79 Å². The van der Waals surface area contributed by atoms with Crippen LogP contribution in [-0.2, 0) is 4.79 Å². The third-order valence-corrected chi connectivity index (χ3v) is 5.48. The molecule has 1 saturated carbocycles. The van der Waals surface area contributed by atoms with Crippen molar-refractivity contribution >= 4 is 5.91 Å². The zero-order valence-corrected chi connectivity index (χ0v) is 12.1. The van der Waals surface area contributed by atoms with Gasteiger partial charge in [-0.15, -0.1) is 0 Å². The molecule has 0 radical (unpaired) electrons. The van der Waals surface area contributed by atoms with E-state index in [2.05, 4.69) is 10.2 Å². The summed E-state index contributed by atoms with van der Waals surface area (Å²) < 4.78 is 0. The molecule has 19 heavy (non-hydrogen) atoms. The normalized spacial score (nSPS) is 35.2. The number of hydrogen-bond acceptors (Lipinski definition) is 2. The quantitative estimate of drug-likeness (QED) is 0.849. The molecule has 3 unspecified atom stereocenters. The number of carbonyl (C=O) groups is 1. The van der Waals surface area contributed by atoms with Crippen molar-refractivity contribution in [1.82, 2.24) is 10.2 Å². The monoisotopic (exact) mass is 264 g/mol. The molecule has 0 bridgehead atoms. The van der Waals surface area contributed by atoms with E-state index < -0.39 is 0 Å². The zero-order valence-electron chi connectivity index (χ0n) is 12.1. The number of piperidine rings is 2. The SMILES string of the molecule is O=C(CCC1CCCNC1)N1CCCC2CCCC21.